The van der Waals surface area contributed by atoms with Crippen molar-refractivity contribution in [1.82, 2.24) is 15.2 Å². The second kappa shape index (κ2) is 11.3. The number of nitrogens with one attached hydrogen (secondary N) is 2. The maximum absolute atomic E-state index is 12.6. The Hall–Kier alpha value is -3.88. The number of methoxy groups -OCH3 is 1. The molecule has 0 saturated carbocycles. The Morgan fingerprint density at radius 2 is 1.79 bits per heavy atom. The lowest BCUT2D eigenvalue weighted by Gasteiger charge is -2.15. The van der Waals surface area contributed by atoms with Crippen LogP contribution < -0.4 is 20.3 Å². The molecule has 2 N–H and O–H groups in total. The number of amides is 2. The molecule has 1 aliphatic heterocycles. The fraction of sp³-hybridized carbons (Fsp3) is 0.261. The van der Waals surface area contributed by atoms with Gasteiger partial charge in [-0.05, 0) is 60.9 Å². The van der Waals surface area contributed by atoms with Crippen molar-refractivity contribution >= 4 is 27.9 Å². The van der Waals surface area contributed by atoms with Gasteiger partial charge in [-0.25, -0.2) is 8.42 Å². The van der Waals surface area contributed by atoms with E-state index in [2.05, 4.69) is 10.9 Å². The first-order valence-electron chi connectivity index (χ1n) is 10.4. The van der Waals surface area contributed by atoms with Crippen molar-refractivity contribution in [3.8, 4) is 17.6 Å². The number of carbonyl (C=O) groups is 2. The van der Waals surface area contributed by atoms with E-state index in [-0.39, 0.29) is 17.1 Å². The molecule has 34 heavy (non-hydrogen) atoms. The van der Waals surface area contributed by atoms with Crippen LogP contribution in [0.1, 0.15) is 28.8 Å². The minimum atomic E-state index is -3.56. The highest BCUT2D eigenvalue weighted by Gasteiger charge is 2.27. The number of hydrazine groups is 1. The third kappa shape index (κ3) is 6.12. The van der Waals surface area contributed by atoms with Crippen molar-refractivity contribution in [2.45, 2.75) is 17.7 Å². The lowest BCUT2D eigenvalue weighted by molar-refractivity contribution is -0.117. The van der Waals surface area contributed by atoms with Crippen molar-refractivity contribution in [3.63, 3.8) is 0 Å². The van der Waals surface area contributed by atoms with Crippen LogP contribution in [-0.4, -0.2) is 51.3 Å². The van der Waals surface area contributed by atoms with Crippen LogP contribution in [0.4, 0.5) is 0 Å². The van der Waals surface area contributed by atoms with Gasteiger partial charge in [0.15, 0.2) is 18.1 Å². The minimum absolute atomic E-state index is 0.120. The molecule has 1 aliphatic rings. The van der Waals surface area contributed by atoms with E-state index >= 15 is 0 Å². The molecule has 2 aromatic carbocycles. The fourth-order valence-corrected chi connectivity index (χ4v) is 4.79. The summed E-state index contributed by atoms with van der Waals surface area (Å²) in [7, 11) is -2.10. The number of benzene rings is 2. The summed E-state index contributed by atoms with van der Waals surface area (Å²) in [5.74, 6) is -0.364. The predicted octanol–water partition coefficient (Wildman–Crippen LogP) is 1.86. The first-order valence-corrected chi connectivity index (χ1v) is 11.9. The Kier molecular flexibility index (Phi) is 8.24. The van der Waals surface area contributed by atoms with Gasteiger partial charge in [0.1, 0.15) is 6.07 Å². The monoisotopic (exact) mass is 484 g/mol. The summed E-state index contributed by atoms with van der Waals surface area (Å²) in [6, 6.07) is 12.3. The number of sulfonamides is 1. The SMILES string of the molecule is COc1cc(/C=C/C(=O)NNC(=O)c2ccc(S(=O)(=O)N3CCCC3)cc2)ccc1OCC#N. The molecular formula is C23H24N4O6S. The van der Waals surface area contributed by atoms with E-state index in [9.17, 15) is 18.0 Å². The van der Waals surface area contributed by atoms with Crippen LogP contribution in [-0.2, 0) is 14.8 Å². The van der Waals surface area contributed by atoms with E-state index < -0.39 is 21.8 Å². The highest BCUT2D eigenvalue weighted by atomic mass is 32.2. The van der Waals surface area contributed by atoms with Gasteiger partial charge in [-0.1, -0.05) is 6.07 Å². The summed E-state index contributed by atoms with van der Waals surface area (Å²) < 4.78 is 37.0. The summed E-state index contributed by atoms with van der Waals surface area (Å²) in [6.07, 6.45) is 4.40. The Bertz CT molecular complexity index is 1210. The maximum Gasteiger partial charge on any atom is 0.269 e. The highest BCUT2D eigenvalue weighted by molar-refractivity contribution is 7.89. The molecule has 0 atom stereocenters. The summed E-state index contributed by atoms with van der Waals surface area (Å²) >= 11 is 0. The van der Waals surface area contributed by atoms with Gasteiger partial charge in [0.25, 0.3) is 11.8 Å². The smallest absolute Gasteiger partial charge is 0.269 e. The Morgan fingerprint density at radius 1 is 1.09 bits per heavy atom. The quantitative estimate of drug-likeness (QED) is 0.431. The van der Waals surface area contributed by atoms with Gasteiger partial charge in [0.2, 0.25) is 10.0 Å². The molecule has 2 amide bonds. The fourth-order valence-electron chi connectivity index (χ4n) is 3.28. The molecule has 1 fully saturated rings. The van der Waals surface area contributed by atoms with Crippen molar-refractivity contribution in [3.05, 3.63) is 59.7 Å². The van der Waals surface area contributed by atoms with E-state index in [0.717, 1.165) is 12.8 Å². The van der Waals surface area contributed by atoms with Crippen molar-refractivity contribution in [2.75, 3.05) is 26.8 Å². The van der Waals surface area contributed by atoms with Crippen LogP contribution in [0.3, 0.4) is 0 Å². The number of ether oxygens (including phenoxy) is 2. The topological polar surface area (TPSA) is 138 Å². The molecule has 3 rings (SSSR count). The van der Waals surface area contributed by atoms with Crippen LogP contribution in [0.25, 0.3) is 6.08 Å². The van der Waals surface area contributed by atoms with E-state index in [1.165, 1.54) is 47.8 Å². The standard InChI is InChI=1S/C23H24N4O6S/c1-32-21-16-17(4-10-20(21)33-15-12-24)5-11-22(28)25-26-23(29)18-6-8-19(9-7-18)34(30,31)27-13-2-3-14-27/h4-11,16H,2-3,13-15H2,1H3,(H,25,28)(H,26,29)/b11-5+. The lowest BCUT2D eigenvalue weighted by atomic mass is 10.2. The summed E-state index contributed by atoms with van der Waals surface area (Å²) in [5.41, 5.74) is 5.38. The number of nitrogens with zero attached hydrogens (tertiary/aromatic N) is 2. The number of rotatable bonds is 8. The third-order valence-corrected chi connectivity index (χ3v) is 6.94. The van der Waals surface area contributed by atoms with Gasteiger partial charge in [0, 0.05) is 24.7 Å². The van der Waals surface area contributed by atoms with Crippen LogP contribution in [0.5, 0.6) is 11.5 Å². The first-order chi connectivity index (χ1) is 16.3. The maximum atomic E-state index is 12.6. The first kappa shape index (κ1) is 24.8. The molecule has 10 nitrogen and oxygen atoms in total. The van der Waals surface area contributed by atoms with Crippen molar-refractivity contribution < 1.29 is 27.5 Å². The van der Waals surface area contributed by atoms with Gasteiger partial charge in [-0.15, -0.1) is 0 Å². The molecule has 0 aliphatic carbocycles. The Labute approximate surface area is 197 Å². The number of carbonyl (C=O) groups excluding carboxylic acids is 2. The van der Waals surface area contributed by atoms with Gasteiger partial charge in [-0.2, -0.15) is 9.57 Å². The van der Waals surface area contributed by atoms with E-state index in [1.54, 1.807) is 18.2 Å². The van der Waals surface area contributed by atoms with Gasteiger partial charge < -0.3 is 9.47 Å². The molecule has 0 bridgehead atoms. The molecule has 178 valence electrons. The average molecular weight is 485 g/mol. The summed E-state index contributed by atoms with van der Waals surface area (Å²) in [4.78, 5) is 24.5. The predicted molar refractivity (Wildman–Crippen MR) is 123 cm³/mol. The molecule has 0 unspecified atom stereocenters. The number of hydrogen-bond acceptors (Lipinski definition) is 7. The average Bonchev–Trinajstić information content (AvgIpc) is 3.41. The zero-order valence-corrected chi connectivity index (χ0v) is 19.3. The summed E-state index contributed by atoms with van der Waals surface area (Å²) in [6.45, 7) is 0.872. The Morgan fingerprint density at radius 3 is 2.44 bits per heavy atom. The van der Waals surface area contributed by atoms with E-state index in [0.29, 0.717) is 30.2 Å². The molecule has 1 saturated heterocycles. The second-order valence-electron chi connectivity index (χ2n) is 7.27. The molecule has 0 spiro atoms. The molecule has 1 heterocycles. The number of hydrogen-bond donors (Lipinski definition) is 2. The summed E-state index contributed by atoms with van der Waals surface area (Å²) in [5, 5.41) is 8.61. The van der Waals surface area contributed by atoms with Crippen LogP contribution in [0, 0.1) is 11.3 Å². The molecular weight excluding hydrogens is 460 g/mol. The van der Waals surface area contributed by atoms with E-state index in [1.807, 2.05) is 6.07 Å². The minimum Gasteiger partial charge on any atom is -0.493 e. The normalized spacial score (nSPS) is 13.9. The zero-order valence-electron chi connectivity index (χ0n) is 18.5. The molecule has 11 heteroatoms. The van der Waals surface area contributed by atoms with Gasteiger partial charge in [0.05, 0.1) is 12.0 Å². The molecule has 0 radical (unpaired) electrons. The van der Waals surface area contributed by atoms with Crippen LogP contribution >= 0.6 is 0 Å². The van der Waals surface area contributed by atoms with Crippen molar-refractivity contribution in [1.29, 1.82) is 5.26 Å². The highest BCUT2D eigenvalue weighted by Crippen LogP contribution is 2.28. The second-order valence-corrected chi connectivity index (χ2v) is 9.21. The molecule has 0 aromatic heterocycles. The van der Waals surface area contributed by atoms with Crippen LogP contribution in [0.15, 0.2) is 53.4 Å². The largest absolute Gasteiger partial charge is 0.493 e. The third-order valence-electron chi connectivity index (χ3n) is 5.03. The zero-order chi connectivity index (χ0) is 24.6. The van der Waals surface area contributed by atoms with Crippen molar-refractivity contribution in [2.24, 2.45) is 0 Å². The number of nitriles is 1. The lowest BCUT2D eigenvalue weighted by Crippen LogP contribution is -2.40. The van der Waals surface area contributed by atoms with Crippen LogP contribution in [0.2, 0.25) is 0 Å². The van der Waals surface area contributed by atoms with Gasteiger partial charge in [-0.3, -0.25) is 20.4 Å². The van der Waals surface area contributed by atoms with E-state index in [4.69, 9.17) is 14.7 Å². The van der Waals surface area contributed by atoms with Gasteiger partial charge >= 0.3 is 0 Å². The Balaban J connectivity index is 1.55. The molecule has 2 aromatic rings.